The van der Waals surface area contributed by atoms with Crippen LogP contribution in [0.25, 0.3) is 0 Å². The van der Waals surface area contributed by atoms with Crippen molar-refractivity contribution in [2.45, 2.75) is 162 Å². The monoisotopic (exact) mass is 801 g/mol. The highest BCUT2D eigenvalue weighted by atomic mass is 28.4. The molecule has 0 aromatic heterocycles. The second-order valence-corrected chi connectivity index (χ2v) is 21.4. The maximum Gasteiger partial charge on any atom is 0.437 e. The number of ether oxygens (including phenoxy) is 2. The first-order valence-electron chi connectivity index (χ1n) is 18.7. The van der Waals surface area contributed by atoms with Crippen LogP contribution in [0.1, 0.15) is 121 Å². The van der Waals surface area contributed by atoms with Gasteiger partial charge in [0, 0.05) is 38.3 Å². The Morgan fingerprint density at radius 2 is 1.42 bits per heavy atom. The maximum absolute atomic E-state index is 13.4. The predicted molar refractivity (Wildman–Crippen MR) is 212 cm³/mol. The summed E-state index contributed by atoms with van der Waals surface area (Å²) in [4.78, 5) is 82.1. The first kappa shape index (κ1) is 50.7. The molecule has 0 rings (SSSR count). The van der Waals surface area contributed by atoms with E-state index >= 15 is 0 Å². The quantitative estimate of drug-likeness (QED) is 0.0282. The zero-order valence-corrected chi connectivity index (χ0v) is 35.9. The number of rotatable bonds is 19. The molecule has 6 N–H and O–H groups in total. The molecule has 1 unspecified atom stereocenters. The molecule has 0 spiro atoms. The summed E-state index contributed by atoms with van der Waals surface area (Å²) in [7, 11) is -2.49. The Kier molecular flexibility index (Phi) is 21.8. The summed E-state index contributed by atoms with van der Waals surface area (Å²) >= 11 is 0. The lowest BCUT2D eigenvalue weighted by atomic mass is 10.1. The molecule has 0 radical (unpaired) electrons. The van der Waals surface area contributed by atoms with Crippen LogP contribution < -0.4 is 21.3 Å². The predicted octanol–water partition coefficient (Wildman–Crippen LogP) is 6.21. The van der Waals surface area contributed by atoms with Crippen LogP contribution in [0.4, 0.5) is 19.2 Å². The van der Waals surface area contributed by atoms with Crippen molar-refractivity contribution in [3.63, 3.8) is 0 Å². The zero-order chi connectivity index (χ0) is 42.6. The summed E-state index contributed by atoms with van der Waals surface area (Å²) in [5.41, 5.74) is -1.52. The second-order valence-electron chi connectivity index (χ2n) is 16.7. The molecule has 0 saturated carbocycles. The molecule has 0 aliphatic carbocycles. The highest BCUT2D eigenvalue weighted by Crippen LogP contribution is 2.37. The minimum absolute atomic E-state index is 0.134. The third-order valence-corrected chi connectivity index (χ3v) is 12.5. The van der Waals surface area contributed by atoms with Gasteiger partial charge < -0.3 is 45.0 Å². The number of carboxylic acid groups (broad SMARTS) is 2. The maximum atomic E-state index is 13.4. The molecule has 0 aliphatic heterocycles. The summed E-state index contributed by atoms with van der Waals surface area (Å²) in [6.07, 6.45) is -0.137. The van der Waals surface area contributed by atoms with Crippen molar-refractivity contribution in [2.24, 2.45) is 9.98 Å². The van der Waals surface area contributed by atoms with Crippen molar-refractivity contribution in [2.75, 3.05) is 19.6 Å². The average molecular weight is 802 g/mol. The lowest BCUT2D eigenvalue weighted by Gasteiger charge is -2.38. The Labute approximate surface area is 327 Å². The number of carbonyl (C=O) groups is 6. The Bertz CT molecular complexity index is 1340. The molecule has 0 aliphatic rings. The fraction of sp³-hybridized carbons (Fsp3) is 0.778. The van der Waals surface area contributed by atoms with Gasteiger partial charge in [0.05, 0.1) is 0 Å². The van der Waals surface area contributed by atoms with Gasteiger partial charge in [-0.05, 0) is 105 Å². The number of guanidine groups is 1. The number of nitrogens with one attached hydrogen (secondary N) is 4. The molecule has 18 nitrogen and oxygen atoms in total. The minimum atomic E-state index is -2.49. The molecule has 0 aromatic carbocycles. The Morgan fingerprint density at radius 3 is 1.96 bits per heavy atom. The fourth-order valence-corrected chi connectivity index (χ4v) is 5.34. The van der Waals surface area contributed by atoms with Gasteiger partial charge in [0.15, 0.2) is 8.32 Å². The van der Waals surface area contributed by atoms with Crippen molar-refractivity contribution in [3.05, 3.63) is 0 Å². The summed E-state index contributed by atoms with van der Waals surface area (Å²) in [6, 6.07) is -0.369. The summed E-state index contributed by atoms with van der Waals surface area (Å²) in [6.45, 7) is 22.9. The Morgan fingerprint density at radius 1 is 0.800 bits per heavy atom. The van der Waals surface area contributed by atoms with Crippen LogP contribution in [-0.2, 0) is 23.5 Å². The molecular formula is C36H67N7O11Si. The third kappa shape index (κ3) is 25.4. The van der Waals surface area contributed by atoms with Gasteiger partial charge in [-0.3, -0.25) is 14.9 Å². The van der Waals surface area contributed by atoms with Crippen LogP contribution in [-0.4, -0.2) is 115 Å². The van der Waals surface area contributed by atoms with Crippen molar-refractivity contribution < 1.29 is 52.9 Å². The first-order valence-corrected chi connectivity index (χ1v) is 21.6. The average Bonchev–Trinajstić information content (AvgIpc) is 2.98. The van der Waals surface area contributed by atoms with E-state index in [4.69, 9.17) is 24.1 Å². The molecule has 0 aromatic rings. The molecule has 55 heavy (non-hydrogen) atoms. The molecule has 0 heterocycles. The van der Waals surface area contributed by atoms with Gasteiger partial charge in [-0.25, -0.2) is 24.2 Å². The number of hydrogen-bond acceptors (Lipinski definition) is 9. The SMILES string of the molecule is C[C@H](CCN(CCCCNC(=O)C(NC(=O)CCCCCC=N/C(=N/C(=O)OC(C)(C)C)NC(=O)O)O[Si](C)(C)C(C)(C)C)C(=O)OC(C)(C)C)NC(=O)O. The molecule has 2 atom stereocenters. The van der Waals surface area contributed by atoms with Gasteiger partial charge in [0.25, 0.3) is 5.91 Å². The molecular weight excluding hydrogens is 735 g/mol. The number of nitrogens with zero attached hydrogens (tertiary/aromatic N) is 3. The second kappa shape index (κ2) is 23.6. The normalized spacial score (nSPS) is 13.7. The van der Waals surface area contributed by atoms with Crippen LogP contribution >= 0.6 is 0 Å². The van der Waals surface area contributed by atoms with Gasteiger partial charge in [0.2, 0.25) is 18.1 Å². The molecule has 0 saturated heterocycles. The number of aliphatic imine (C=N–C) groups is 2. The molecule has 316 valence electrons. The fourth-order valence-electron chi connectivity index (χ4n) is 4.23. The number of carbonyl (C=O) groups excluding carboxylic acids is 4. The molecule has 19 heteroatoms. The standard InChI is InChI=1S/C36H67N7O11Si/c1-25(39-30(46)47)20-24-43(33(51)53-35(5,6)7)23-18-17-21-37-27(45)28(54-55(11,12)36(8,9)10)40-26(44)19-15-13-14-16-22-38-29(41-31(48)49)42-32(50)52-34(2,3)4/h22,25,28,39H,13-21,23-24H2,1-12H3,(H,37,45)(H,40,44)(H,46,47)(H,48,49)(H,41,42,50)/t25-,28?/m1/s1. The van der Waals surface area contributed by atoms with E-state index < -0.39 is 62.0 Å². The first-order chi connectivity index (χ1) is 25.1. The number of amides is 6. The minimum Gasteiger partial charge on any atom is -0.465 e. The van der Waals surface area contributed by atoms with E-state index in [1.165, 1.54) is 11.1 Å². The Hall–Kier alpha value is -4.26. The van der Waals surface area contributed by atoms with Gasteiger partial charge in [-0.1, -0.05) is 27.2 Å². The van der Waals surface area contributed by atoms with Crippen LogP contribution in [0.5, 0.6) is 0 Å². The highest BCUT2D eigenvalue weighted by molar-refractivity contribution is 6.74. The largest absolute Gasteiger partial charge is 0.465 e. The van der Waals surface area contributed by atoms with Gasteiger partial charge in [-0.15, -0.1) is 4.99 Å². The van der Waals surface area contributed by atoms with E-state index in [-0.39, 0.29) is 36.5 Å². The van der Waals surface area contributed by atoms with E-state index in [2.05, 4.69) is 25.9 Å². The van der Waals surface area contributed by atoms with E-state index in [9.17, 15) is 28.8 Å². The number of unbranched alkanes of at least 4 members (excludes halogenated alkanes) is 4. The third-order valence-electron chi connectivity index (χ3n) is 8.02. The van der Waals surface area contributed by atoms with E-state index in [0.717, 1.165) is 0 Å². The van der Waals surface area contributed by atoms with Crippen LogP contribution in [0.15, 0.2) is 9.98 Å². The van der Waals surface area contributed by atoms with Crippen LogP contribution in [0.3, 0.4) is 0 Å². The Balaban J connectivity index is 5.23. The summed E-state index contributed by atoms with van der Waals surface area (Å²) in [5.74, 6) is -1.26. The highest BCUT2D eigenvalue weighted by Gasteiger charge is 2.41. The van der Waals surface area contributed by atoms with E-state index in [0.29, 0.717) is 51.5 Å². The van der Waals surface area contributed by atoms with Crippen molar-refractivity contribution in [1.82, 2.24) is 26.2 Å². The molecule has 0 fully saturated rings. The number of hydrogen-bond donors (Lipinski definition) is 6. The van der Waals surface area contributed by atoms with Gasteiger partial charge >= 0.3 is 24.4 Å². The van der Waals surface area contributed by atoms with E-state index in [1.807, 2.05) is 39.2 Å². The molecule has 0 bridgehead atoms. The van der Waals surface area contributed by atoms with Crippen LogP contribution in [0, 0.1) is 0 Å². The lowest BCUT2D eigenvalue weighted by molar-refractivity contribution is -0.136. The zero-order valence-electron chi connectivity index (χ0n) is 34.9. The van der Waals surface area contributed by atoms with Crippen molar-refractivity contribution >= 4 is 56.7 Å². The molecule has 6 amide bonds. The summed E-state index contributed by atoms with van der Waals surface area (Å²) < 4.78 is 16.9. The van der Waals surface area contributed by atoms with Crippen LogP contribution in [0.2, 0.25) is 18.1 Å². The van der Waals surface area contributed by atoms with Gasteiger partial charge in [-0.2, -0.15) is 0 Å². The van der Waals surface area contributed by atoms with Crippen molar-refractivity contribution in [3.8, 4) is 0 Å². The lowest BCUT2D eigenvalue weighted by Crippen LogP contribution is -2.55. The van der Waals surface area contributed by atoms with Crippen molar-refractivity contribution in [1.29, 1.82) is 0 Å². The smallest absolute Gasteiger partial charge is 0.437 e. The van der Waals surface area contributed by atoms with Gasteiger partial charge in [0.1, 0.15) is 11.2 Å². The summed E-state index contributed by atoms with van der Waals surface area (Å²) in [5, 5.41) is 27.7. The topological polar surface area (TPSA) is 247 Å². The van der Waals surface area contributed by atoms with E-state index in [1.54, 1.807) is 48.5 Å².